The highest BCUT2D eigenvalue weighted by molar-refractivity contribution is 5.74. The highest BCUT2D eigenvalue weighted by Crippen LogP contribution is 2.35. The molecule has 0 aromatic heterocycles. The molecule has 3 rings (SSSR count). The fourth-order valence-electron chi connectivity index (χ4n) is 3.35. The number of hydrogen-bond acceptors (Lipinski definition) is 4. The molecular formula is C16H21N3O3. The predicted molar refractivity (Wildman–Crippen MR) is 83.9 cm³/mol. The molecule has 1 aliphatic heterocycles. The second-order valence-corrected chi connectivity index (χ2v) is 6.14. The van der Waals surface area contributed by atoms with E-state index in [4.69, 9.17) is 0 Å². The second-order valence-electron chi connectivity index (χ2n) is 6.14. The fraction of sp³-hybridized carbons (Fsp3) is 0.562. The summed E-state index contributed by atoms with van der Waals surface area (Å²) in [6, 6.07) is 7.44. The smallest absolute Gasteiger partial charge is 0.292 e. The summed E-state index contributed by atoms with van der Waals surface area (Å²) in [5, 5.41) is 11.2. The minimum Gasteiger partial charge on any atom is -0.361 e. The monoisotopic (exact) mass is 303 g/mol. The average molecular weight is 303 g/mol. The van der Waals surface area contributed by atoms with Gasteiger partial charge in [0.2, 0.25) is 5.91 Å². The van der Waals surface area contributed by atoms with Crippen LogP contribution >= 0.6 is 0 Å². The van der Waals surface area contributed by atoms with Crippen LogP contribution in [0.2, 0.25) is 0 Å². The summed E-state index contributed by atoms with van der Waals surface area (Å²) in [5.74, 6) is 0.108. The summed E-state index contributed by atoms with van der Waals surface area (Å²) in [4.78, 5) is 26.8. The minimum absolute atomic E-state index is 0.108. The highest BCUT2D eigenvalue weighted by Gasteiger charge is 2.36. The number of hydrogen-bond donors (Lipinski definition) is 0. The van der Waals surface area contributed by atoms with E-state index in [0.717, 1.165) is 32.2 Å². The zero-order chi connectivity index (χ0) is 15.7. The fourth-order valence-corrected chi connectivity index (χ4v) is 3.35. The van der Waals surface area contributed by atoms with E-state index in [-0.39, 0.29) is 22.6 Å². The molecule has 1 heterocycles. The van der Waals surface area contributed by atoms with Crippen molar-refractivity contribution < 1.29 is 9.72 Å². The number of nitro groups is 1. The molecule has 2 aliphatic rings. The van der Waals surface area contributed by atoms with Gasteiger partial charge in [0.25, 0.3) is 5.69 Å². The van der Waals surface area contributed by atoms with Crippen molar-refractivity contribution >= 4 is 17.3 Å². The van der Waals surface area contributed by atoms with Crippen molar-refractivity contribution in [1.29, 1.82) is 0 Å². The van der Waals surface area contributed by atoms with Gasteiger partial charge in [0.1, 0.15) is 5.69 Å². The number of nitrogens with zero attached hydrogens (tertiary/aromatic N) is 3. The van der Waals surface area contributed by atoms with Crippen molar-refractivity contribution in [3.63, 3.8) is 0 Å². The number of carbonyl (C=O) groups excluding carboxylic acids is 1. The first kappa shape index (κ1) is 14.8. The predicted octanol–water partition coefficient (Wildman–Crippen LogP) is 2.57. The molecule has 6 heteroatoms. The number of anilines is 1. The Balaban J connectivity index is 1.81. The Bertz CT molecular complexity index is 586. The molecule has 1 saturated carbocycles. The number of amides is 1. The Kier molecular flexibility index (Phi) is 4.00. The van der Waals surface area contributed by atoms with Gasteiger partial charge < -0.3 is 9.80 Å². The standard InChI is InChI=1S/C16H21N3O3/c1-12(20)18(13-8-9-13)11-14-5-4-10-17(14)15-6-2-3-7-16(15)19(21)22/h2-3,6-7,13-14H,4-5,8-11H2,1H3/t14-/m1/s1. The average Bonchev–Trinajstić information content (AvgIpc) is 3.22. The summed E-state index contributed by atoms with van der Waals surface area (Å²) in [7, 11) is 0. The van der Waals surface area contributed by atoms with E-state index in [1.165, 1.54) is 0 Å². The molecule has 1 amide bonds. The van der Waals surface area contributed by atoms with Gasteiger partial charge in [-0.3, -0.25) is 14.9 Å². The summed E-state index contributed by atoms with van der Waals surface area (Å²) in [6.07, 6.45) is 4.14. The van der Waals surface area contributed by atoms with Gasteiger partial charge in [-0.15, -0.1) is 0 Å². The molecule has 1 saturated heterocycles. The highest BCUT2D eigenvalue weighted by atomic mass is 16.6. The van der Waals surface area contributed by atoms with Gasteiger partial charge in [-0.05, 0) is 31.7 Å². The number of nitro benzene ring substituents is 1. The lowest BCUT2D eigenvalue weighted by molar-refractivity contribution is -0.384. The van der Waals surface area contributed by atoms with E-state index >= 15 is 0 Å². The van der Waals surface area contributed by atoms with Gasteiger partial charge in [0.05, 0.1) is 4.92 Å². The van der Waals surface area contributed by atoms with Crippen LogP contribution in [-0.4, -0.2) is 40.9 Å². The topological polar surface area (TPSA) is 66.7 Å². The molecule has 2 fully saturated rings. The summed E-state index contributed by atoms with van der Waals surface area (Å²) >= 11 is 0. The first-order valence-electron chi connectivity index (χ1n) is 7.85. The van der Waals surface area contributed by atoms with E-state index in [1.807, 2.05) is 17.0 Å². The Morgan fingerprint density at radius 3 is 2.73 bits per heavy atom. The molecule has 6 nitrogen and oxygen atoms in total. The summed E-state index contributed by atoms with van der Waals surface area (Å²) in [5.41, 5.74) is 0.824. The van der Waals surface area contributed by atoms with Crippen LogP contribution in [0.4, 0.5) is 11.4 Å². The molecule has 0 N–H and O–H groups in total. The number of carbonyl (C=O) groups is 1. The molecule has 118 valence electrons. The lowest BCUT2D eigenvalue weighted by atomic mass is 10.1. The molecule has 1 aromatic carbocycles. The van der Waals surface area contributed by atoms with Crippen LogP contribution in [-0.2, 0) is 4.79 Å². The maximum Gasteiger partial charge on any atom is 0.292 e. The van der Waals surface area contributed by atoms with Crippen LogP contribution < -0.4 is 4.90 Å². The van der Waals surface area contributed by atoms with Crippen molar-refractivity contribution in [3.05, 3.63) is 34.4 Å². The molecule has 1 aliphatic carbocycles. The summed E-state index contributed by atoms with van der Waals surface area (Å²) < 4.78 is 0. The zero-order valence-corrected chi connectivity index (χ0v) is 12.8. The quantitative estimate of drug-likeness (QED) is 0.619. The van der Waals surface area contributed by atoms with Crippen LogP contribution in [0.3, 0.4) is 0 Å². The van der Waals surface area contributed by atoms with Gasteiger partial charge in [-0.2, -0.15) is 0 Å². The van der Waals surface area contributed by atoms with Crippen molar-refractivity contribution in [2.45, 2.75) is 44.7 Å². The Morgan fingerprint density at radius 2 is 2.09 bits per heavy atom. The van der Waals surface area contributed by atoms with E-state index < -0.39 is 0 Å². The molecule has 0 radical (unpaired) electrons. The Hall–Kier alpha value is -2.11. The van der Waals surface area contributed by atoms with Crippen LogP contribution in [0.1, 0.15) is 32.6 Å². The molecule has 0 spiro atoms. The van der Waals surface area contributed by atoms with Crippen molar-refractivity contribution in [2.24, 2.45) is 0 Å². The van der Waals surface area contributed by atoms with Gasteiger partial charge >= 0.3 is 0 Å². The summed E-state index contributed by atoms with van der Waals surface area (Å²) in [6.45, 7) is 3.10. The first-order valence-corrected chi connectivity index (χ1v) is 7.85. The van der Waals surface area contributed by atoms with E-state index in [9.17, 15) is 14.9 Å². The van der Waals surface area contributed by atoms with Gasteiger partial charge in [-0.1, -0.05) is 12.1 Å². The zero-order valence-electron chi connectivity index (χ0n) is 12.8. The Morgan fingerprint density at radius 1 is 1.36 bits per heavy atom. The van der Waals surface area contributed by atoms with Gasteiger partial charge in [-0.25, -0.2) is 0 Å². The van der Waals surface area contributed by atoms with Crippen LogP contribution in [0.5, 0.6) is 0 Å². The van der Waals surface area contributed by atoms with Gasteiger partial charge in [0.15, 0.2) is 0 Å². The third kappa shape index (κ3) is 2.91. The molecule has 0 unspecified atom stereocenters. The maximum absolute atomic E-state index is 11.8. The van der Waals surface area contributed by atoms with Crippen LogP contribution in [0.25, 0.3) is 0 Å². The number of para-hydroxylation sites is 2. The SMILES string of the molecule is CC(=O)N(C[C@H]1CCCN1c1ccccc1[N+](=O)[O-])C1CC1. The molecule has 22 heavy (non-hydrogen) atoms. The maximum atomic E-state index is 11.8. The third-order valence-corrected chi connectivity index (χ3v) is 4.56. The number of rotatable bonds is 5. The molecular weight excluding hydrogens is 282 g/mol. The molecule has 1 aromatic rings. The van der Waals surface area contributed by atoms with Crippen LogP contribution in [0.15, 0.2) is 24.3 Å². The molecule has 1 atom stereocenters. The van der Waals surface area contributed by atoms with E-state index in [2.05, 4.69) is 4.90 Å². The van der Waals surface area contributed by atoms with Crippen molar-refractivity contribution in [1.82, 2.24) is 4.90 Å². The first-order chi connectivity index (χ1) is 10.6. The van der Waals surface area contributed by atoms with Gasteiger partial charge in [0, 0.05) is 38.2 Å². The Labute approximate surface area is 129 Å². The number of benzene rings is 1. The molecule has 0 bridgehead atoms. The normalized spacial score (nSPS) is 21.0. The third-order valence-electron chi connectivity index (χ3n) is 4.56. The van der Waals surface area contributed by atoms with Crippen LogP contribution in [0, 0.1) is 10.1 Å². The minimum atomic E-state index is -0.325. The second kappa shape index (κ2) is 5.94. The lowest BCUT2D eigenvalue weighted by Gasteiger charge is -2.31. The van der Waals surface area contributed by atoms with E-state index in [1.54, 1.807) is 19.1 Å². The largest absolute Gasteiger partial charge is 0.361 e. The van der Waals surface area contributed by atoms with Crippen molar-refractivity contribution in [3.8, 4) is 0 Å². The lowest BCUT2D eigenvalue weighted by Crippen LogP contribution is -2.43. The van der Waals surface area contributed by atoms with Crippen molar-refractivity contribution in [2.75, 3.05) is 18.0 Å². The van der Waals surface area contributed by atoms with E-state index in [0.29, 0.717) is 18.3 Å².